The number of aliphatic hydroxyl groups is 1. The Hall–Kier alpha value is -0.850. The van der Waals surface area contributed by atoms with Gasteiger partial charge >= 0.3 is 6.09 Å². The Morgan fingerprint density at radius 2 is 2.06 bits per heavy atom. The van der Waals surface area contributed by atoms with Crippen molar-refractivity contribution < 1.29 is 14.6 Å². The number of ether oxygens (including phenoxy) is 1. The first-order valence-corrected chi connectivity index (χ1v) is 6.40. The smallest absolute Gasteiger partial charge is 0.407 e. The van der Waals surface area contributed by atoms with Crippen molar-refractivity contribution >= 4 is 6.09 Å². The Morgan fingerprint density at radius 1 is 1.39 bits per heavy atom. The van der Waals surface area contributed by atoms with Gasteiger partial charge in [0.15, 0.2) is 0 Å². The lowest BCUT2D eigenvalue weighted by molar-refractivity contribution is 0.0526. The van der Waals surface area contributed by atoms with Gasteiger partial charge in [0.1, 0.15) is 5.60 Å². The summed E-state index contributed by atoms with van der Waals surface area (Å²) in [6, 6.07) is 0.145. The predicted molar refractivity (Wildman–Crippen MR) is 71.4 cm³/mol. The third-order valence-electron chi connectivity index (χ3n) is 2.21. The molecule has 0 aromatic carbocycles. The lowest BCUT2D eigenvalue weighted by atomic mass is 10.2. The van der Waals surface area contributed by atoms with Gasteiger partial charge in [0.05, 0.1) is 0 Å². The maximum atomic E-state index is 11.4. The van der Waals surface area contributed by atoms with Crippen LogP contribution in [0, 0.1) is 0 Å². The van der Waals surface area contributed by atoms with Gasteiger partial charge in [-0.15, -0.1) is 0 Å². The number of rotatable bonds is 8. The van der Waals surface area contributed by atoms with Gasteiger partial charge in [0, 0.05) is 25.7 Å². The van der Waals surface area contributed by atoms with E-state index in [4.69, 9.17) is 15.6 Å². The van der Waals surface area contributed by atoms with Crippen LogP contribution in [0.25, 0.3) is 0 Å². The van der Waals surface area contributed by atoms with E-state index in [1.807, 2.05) is 20.8 Å². The fourth-order valence-electron chi connectivity index (χ4n) is 1.35. The average molecular weight is 261 g/mol. The first-order chi connectivity index (χ1) is 8.39. The standard InChI is InChI=1S/C12H27N3O3/c1-12(2,3)18-11(17)15-7-5-10(9-13)14-6-4-8-16/h10,14,16H,4-9,13H2,1-3H3,(H,15,17). The number of nitrogens with one attached hydrogen (secondary N) is 2. The number of hydrogen-bond acceptors (Lipinski definition) is 5. The molecule has 0 saturated heterocycles. The second kappa shape index (κ2) is 9.13. The largest absolute Gasteiger partial charge is 0.444 e. The molecule has 0 aromatic heterocycles. The van der Waals surface area contributed by atoms with E-state index in [0.29, 0.717) is 19.5 Å². The molecule has 5 N–H and O–H groups in total. The molecule has 6 heteroatoms. The molecule has 0 fully saturated rings. The molecule has 0 aliphatic heterocycles. The minimum Gasteiger partial charge on any atom is -0.444 e. The Balaban J connectivity index is 3.69. The highest BCUT2D eigenvalue weighted by molar-refractivity contribution is 5.67. The molecule has 18 heavy (non-hydrogen) atoms. The number of alkyl carbamates (subject to hydrolysis) is 1. The highest BCUT2D eigenvalue weighted by atomic mass is 16.6. The molecule has 1 atom stereocenters. The normalized spacial score (nSPS) is 13.2. The molecule has 1 amide bonds. The molecule has 6 nitrogen and oxygen atoms in total. The van der Waals surface area contributed by atoms with Gasteiger partial charge in [0.25, 0.3) is 0 Å². The van der Waals surface area contributed by atoms with Crippen LogP contribution in [0.1, 0.15) is 33.6 Å². The van der Waals surface area contributed by atoms with Crippen molar-refractivity contribution in [2.75, 3.05) is 26.2 Å². The van der Waals surface area contributed by atoms with Crippen molar-refractivity contribution in [1.82, 2.24) is 10.6 Å². The van der Waals surface area contributed by atoms with Crippen LogP contribution < -0.4 is 16.4 Å². The van der Waals surface area contributed by atoms with Crippen molar-refractivity contribution in [3.8, 4) is 0 Å². The third kappa shape index (κ3) is 10.3. The van der Waals surface area contributed by atoms with Crippen molar-refractivity contribution in [3.63, 3.8) is 0 Å². The maximum Gasteiger partial charge on any atom is 0.407 e. The minimum absolute atomic E-state index is 0.145. The summed E-state index contributed by atoms with van der Waals surface area (Å²) < 4.78 is 5.12. The number of aliphatic hydroxyl groups excluding tert-OH is 1. The lowest BCUT2D eigenvalue weighted by Gasteiger charge is -2.21. The first-order valence-electron chi connectivity index (χ1n) is 6.40. The molecule has 0 rings (SSSR count). The number of nitrogens with two attached hydrogens (primary N) is 1. The summed E-state index contributed by atoms with van der Waals surface area (Å²) in [5, 5.41) is 14.6. The highest BCUT2D eigenvalue weighted by Crippen LogP contribution is 2.06. The maximum absolute atomic E-state index is 11.4. The summed E-state index contributed by atoms with van der Waals surface area (Å²) in [4.78, 5) is 11.4. The van der Waals surface area contributed by atoms with Gasteiger partial charge in [-0.2, -0.15) is 0 Å². The van der Waals surface area contributed by atoms with Crippen LogP contribution in [0.5, 0.6) is 0 Å². The first kappa shape index (κ1) is 17.2. The molecular weight excluding hydrogens is 234 g/mol. The van der Waals surface area contributed by atoms with Gasteiger partial charge in [-0.3, -0.25) is 0 Å². The topological polar surface area (TPSA) is 96.6 Å². The van der Waals surface area contributed by atoms with Crippen LogP contribution >= 0.6 is 0 Å². The average Bonchev–Trinajstić information content (AvgIpc) is 2.24. The number of carbonyl (C=O) groups is 1. The molecule has 0 heterocycles. The molecule has 0 radical (unpaired) electrons. The fourth-order valence-corrected chi connectivity index (χ4v) is 1.35. The van der Waals surface area contributed by atoms with E-state index in [-0.39, 0.29) is 12.6 Å². The van der Waals surface area contributed by atoms with Gasteiger partial charge in [0.2, 0.25) is 0 Å². The van der Waals surface area contributed by atoms with Crippen LogP contribution in [0.3, 0.4) is 0 Å². The Morgan fingerprint density at radius 3 is 2.56 bits per heavy atom. The van der Waals surface area contributed by atoms with E-state index in [1.165, 1.54) is 0 Å². The SMILES string of the molecule is CC(C)(C)OC(=O)NCCC(CN)NCCCO. The van der Waals surface area contributed by atoms with Crippen LogP contribution in [-0.2, 0) is 4.74 Å². The summed E-state index contributed by atoms with van der Waals surface area (Å²) in [5.41, 5.74) is 5.13. The number of amides is 1. The molecule has 108 valence electrons. The molecule has 0 aliphatic rings. The van der Waals surface area contributed by atoms with E-state index >= 15 is 0 Å². The highest BCUT2D eigenvalue weighted by Gasteiger charge is 2.15. The molecule has 0 aromatic rings. The molecule has 0 saturated carbocycles. The van der Waals surface area contributed by atoms with Crippen LogP contribution in [0.15, 0.2) is 0 Å². The molecular formula is C12H27N3O3. The van der Waals surface area contributed by atoms with E-state index in [2.05, 4.69) is 10.6 Å². The zero-order valence-corrected chi connectivity index (χ0v) is 11.7. The second-order valence-corrected chi connectivity index (χ2v) is 5.18. The van der Waals surface area contributed by atoms with Gasteiger partial charge in [-0.25, -0.2) is 4.79 Å². The Bertz CT molecular complexity index is 229. The van der Waals surface area contributed by atoms with Crippen molar-refractivity contribution in [1.29, 1.82) is 0 Å². The van der Waals surface area contributed by atoms with E-state index in [1.54, 1.807) is 0 Å². The molecule has 0 spiro atoms. The van der Waals surface area contributed by atoms with Gasteiger partial charge < -0.3 is 26.2 Å². The Kier molecular flexibility index (Phi) is 8.70. The zero-order chi connectivity index (χ0) is 14.0. The zero-order valence-electron chi connectivity index (χ0n) is 11.7. The quantitative estimate of drug-likeness (QED) is 0.468. The minimum atomic E-state index is -0.475. The summed E-state index contributed by atoms with van der Waals surface area (Å²) >= 11 is 0. The molecule has 0 bridgehead atoms. The van der Waals surface area contributed by atoms with Crippen molar-refractivity contribution in [2.24, 2.45) is 5.73 Å². The number of hydrogen-bond donors (Lipinski definition) is 4. The van der Waals surface area contributed by atoms with E-state index in [9.17, 15) is 4.79 Å². The molecule has 0 aliphatic carbocycles. The van der Waals surface area contributed by atoms with Crippen LogP contribution in [-0.4, -0.2) is 49.1 Å². The van der Waals surface area contributed by atoms with Crippen LogP contribution in [0.4, 0.5) is 4.79 Å². The van der Waals surface area contributed by atoms with Gasteiger partial charge in [-0.1, -0.05) is 0 Å². The lowest BCUT2D eigenvalue weighted by Crippen LogP contribution is -2.40. The van der Waals surface area contributed by atoms with E-state index in [0.717, 1.165) is 13.0 Å². The van der Waals surface area contributed by atoms with Crippen LogP contribution in [0.2, 0.25) is 0 Å². The number of carbonyl (C=O) groups excluding carboxylic acids is 1. The summed E-state index contributed by atoms with van der Waals surface area (Å²) in [7, 11) is 0. The van der Waals surface area contributed by atoms with Crippen molar-refractivity contribution in [3.05, 3.63) is 0 Å². The fraction of sp³-hybridized carbons (Fsp3) is 0.917. The monoisotopic (exact) mass is 261 g/mol. The second-order valence-electron chi connectivity index (χ2n) is 5.18. The van der Waals surface area contributed by atoms with E-state index < -0.39 is 11.7 Å². The summed E-state index contributed by atoms with van der Waals surface area (Å²) in [5.74, 6) is 0. The van der Waals surface area contributed by atoms with Gasteiger partial charge in [-0.05, 0) is 40.2 Å². The molecule has 1 unspecified atom stereocenters. The third-order valence-corrected chi connectivity index (χ3v) is 2.21. The Labute approximate surface area is 109 Å². The van der Waals surface area contributed by atoms with Crippen molar-refractivity contribution in [2.45, 2.75) is 45.3 Å². The predicted octanol–water partition coefficient (Wildman–Crippen LogP) is 0.201. The summed E-state index contributed by atoms with van der Waals surface area (Å²) in [6.07, 6.45) is 1.03. The summed E-state index contributed by atoms with van der Waals surface area (Å²) in [6.45, 7) is 7.39.